The maximum Gasteiger partial charge on any atom is 0.310 e. The normalized spacial score (nSPS) is 14.4. The van der Waals surface area contributed by atoms with Crippen molar-refractivity contribution < 1.29 is 19.2 Å². The Morgan fingerprint density at radius 2 is 1.94 bits per heavy atom. The second-order valence-corrected chi connectivity index (χ2v) is 8.71. The molecule has 0 spiro atoms. The molecule has 4 rings (SSSR count). The zero-order chi connectivity index (χ0) is 24.1. The van der Waals surface area contributed by atoms with Crippen LogP contribution in [0.4, 0.5) is 5.69 Å². The van der Waals surface area contributed by atoms with Crippen LogP contribution in [0.1, 0.15) is 44.6 Å². The molecule has 0 unspecified atom stereocenters. The lowest BCUT2D eigenvalue weighted by Gasteiger charge is -2.26. The molecule has 1 aliphatic heterocycles. The van der Waals surface area contributed by atoms with Gasteiger partial charge in [0.1, 0.15) is 17.1 Å². The maximum atomic E-state index is 12.8. The fourth-order valence-corrected chi connectivity index (χ4v) is 4.49. The van der Waals surface area contributed by atoms with Crippen LogP contribution in [0, 0.1) is 10.1 Å². The van der Waals surface area contributed by atoms with Crippen LogP contribution < -0.4 is 10.2 Å². The van der Waals surface area contributed by atoms with Gasteiger partial charge in [-0.1, -0.05) is 19.8 Å². The summed E-state index contributed by atoms with van der Waals surface area (Å²) in [6.07, 6.45) is 5.80. The molecule has 2 heterocycles. The van der Waals surface area contributed by atoms with Gasteiger partial charge < -0.3 is 19.2 Å². The highest BCUT2D eigenvalue weighted by atomic mass is 16.6. The molecule has 8 nitrogen and oxygen atoms in total. The summed E-state index contributed by atoms with van der Waals surface area (Å²) >= 11 is 0. The van der Waals surface area contributed by atoms with Crippen molar-refractivity contribution in [3.63, 3.8) is 0 Å². The summed E-state index contributed by atoms with van der Waals surface area (Å²) in [7, 11) is 0. The minimum absolute atomic E-state index is 0.0797. The molecule has 2 aromatic carbocycles. The van der Waals surface area contributed by atoms with Gasteiger partial charge >= 0.3 is 5.69 Å². The Balaban J connectivity index is 1.62. The molecule has 0 radical (unpaired) electrons. The average molecular weight is 467 g/mol. The lowest BCUT2D eigenvalue weighted by Crippen LogP contribution is -2.31. The monoisotopic (exact) mass is 466 g/mol. The van der Waals surface area contributed by atoms with Gasteiger partial charge in [-0.3, -0.25) is 14.9 Å². The number of likely N-dealkylation sites (tertiary alicyclic amines) is 1. The Labute approximate surface area is 197 Å². The number of nitro benzene ring substituents is 1. The number of nitrogens with zero attached hydrogens (tertiary/aromatic N) is 2. The number of aryl methyl sites for hydroxylation is 1. The van der Waals surface area contributed by atoms with Gasteiger partial charge in [-0.25, -0.2) is 0 Å². The molecule has 0 saturated carbocycles. The number of phenols is 1. The number of nitro groups is 1. The number of aromatic hydroxyl groups is 1. The standard InChI is InChI=1S/C26H30N2O6/c1-2-7-19-22(29)11-9-20-23(30)17-24(34-26(19)20)18-8-10-21(28(31)32)25(16-18)33-15-6-14-27-12-4-3-5-13-27/h8-11,16-17,29H,2-7,12-15H2,1H3. The highest BCUT2D eigenvalue weighted by Gasteiger charge is 2.19. The summed E-state index contributed by atoms with van der Waals surface area (Å²) < 4.78 is 11.9. The van der Waals surface area contributed by atoms with E-state index in [4.69, 9.17) is 9.15 Å². The SMILES string of the molecule is CCCc1c(O)ccc2c(=O)cc(-c3ccc([N+](=O)[O-])c(OCCCN4CCCCC4)c3)oc12. The van der Waals surface area contributed by atoms with E-state index in [0.717, 1.165) is 32.5 Å². The van der Waals surface area contributed by atoms with Gasteiger partial charge in [0.05, 0.1) is 16.9 Å². The molecule has 0 atom stereocenters. The summed E-state index contributed by atoms with van der Waals surface area (Å²) in [5, 5.41) is 22.2. The number of hydrogen-bond donors (Lipinski definition) is 1. The second-order valence-electron chi connectivity index (χ2n) is 8.71. The molecule has 34 heavy (non-hydrogen) atoms. The molecular weight excluding hydrogens is 436 g/mol. The van der Waals surface area contributed by atoms with Crippen molar-refractivity contribution in [3.05, 3.63) is 62.3 Å². The van der Waals surface area contributed by atoms with E-state index in [-0.39, 0.29) is 28.4 Å². The number of benzene rings is 2. The molecule has 1 saturated heterocycles. The van der Waals surface area contributed by atoms with Crippen LogP contribution in [0.5, 0.6) is 11.5 Å². The molecule has 1 N–H and O–H groups in total. The van der Waals surface area contributed by atoms with Crippen molar-refractivity contribution in [1.82, 2.24) is 4.90 Å². The van der Waals surface area contributed by atoms with Crippen molar-refractivity contribution in [1.29, 1.82) is 0 Å². The molecule has 0 amide bonds. The van der Waals surface area contributed by atoms with Crippen LogP contribution in [0.2, 0.25) is 0 Å². The van der Waals surface area contributed by atoms with E-state index in [1.54, 1.807) is 18.2 Å². The van der Waals surface area contributed by atoms with Crippen LogP contribution in [0.15, 0.2) is 45.6 Å². The largest absolute Gasteiger partial charge is 0.508 e. The van der Waals surface area contributed by atoms with Gasteiger partial charge in [0.15, 0.2) is 11.2 Å². The van der Waals surface area contributed by atoms with Crippen LogP contribution in [0.3, 0.4) is 0 Å². The number of phenolic OH excluding ortho intramolecular Hbond substituents is 1. The van der Waals surface area contributed by atoms with E-state index in [9.17, 15) is 20.0 Å². The molecule has 1 fully saturated rings. The predicted octanol–water partition coefficient (Wildman–Crippen LogP) is 5.28. The molecule has 180 valence electrons. The lowest BCUT2D eigenvalue weighted by molar-refractivity contribution is -0.385. The highest BCUT2D eigenvalue weighted by molar-refractivity contribution is 5.84. The van der Waals surface area contributed by atoms with E-state index in [1.165, 1.54) is 37.5 Å². The number of piperidine rings is 1. The fraction of sp³-hybridized carbons (Fsp3) is 0.423. The summed E-state index contributed by atoms with van der Waals surface area (Å²) in [4.78, 5) is 26.2. The third-order valence-electron chi connectivity index (χ3n) is 6.24. The predicted molar refractivity (Wildman–Crippen MR) is 131 cm³/mol. The third kappa shape index (κ3) is 5.22. The van der Waals surface area contributed by atoms with Gasteiger partial charge in [-0.05, 0) is 63.0 Å². The van der Waals surface area contributed by atoms with E-state index in [2.05, 4.69) is 4.90 Å². The van der Waals surface area contributed by atoms with Gasteiger partial charge in [0.25, 0.3) is 0 Å². The first-order chi connectivity index (χ1) is 16.5. The molecule has 1 aliphatic rings. The third-order valence-corrected chi connectivity index (χ3v) is 6.24. The van der Waals surface area contributed by atoms with Gasteiger partial charge in [-0.2, -0.15) is 0 Å². The Hall–Kier alpha value is -3.39. The number of fused-ring (bicyclic) bond motifs is 1. The van der Waals surface area contributed by atoms with Crippen molar-refractivity contribution >= 4 is 16.7 Å². The maximum absolute atomic E-state index is 12.8. The lowest BCUT2D eigenvalue weighted by atomic mass is 10.0. The molecule has 0 bridgehead atoms. The first kappa shape index (κ1) is 23.8. The highest BCUT2D eigenvalue weighted by Crippen LogP contribution is 2.35. The summed E-state index contributed by atoms with van der Waals surface area (Å²) in [6, 6.07) is 8.89. The Morgan fingerprint density at radius 1 is 1.15 bits per heavy atom. The molecule has 0 aliphatic carbocycles. The Kier molecular flexibility index (Phi) is 7.47. The fourth-order valence-electron chi connectivity index (χ4n) is 4.49. The smallest absolute Gasteiger partial charge is 0.310 e. The molecular formula is C26H30N2O6. The number of ether oxygens (including phenoxy) is 1. The van der Waals surface area contributed by atoms with Crippen molar-refractivity contribution in [2.75, 3.05) is 26.2 Å². The zero-order valence-corrected chi connectivity index (χ0v) is 19.4. The first-order valence-electron chi connectivity index (χ1n) is 11.9. The van der Waals surface area contributed by atoms with Crippen LogP contribution >= 0.6 is 0 Å². The number of hydrogen-bond acceptors (Lipinski definition) is 7. The first-order valence-corrected chi connectivity index (χ1v) is 11.9. The van der Waals surface area contributed by atoms with Crippen LogP contribution in [0.25, 0.3) is 22.3 Å². The topological polar surface area (TPSA) is 106 Å². The Bertz CT molecular complexity index is 1230. The molecule has 1 aromatic heterocycles. The van der Waals surface area contributed by atoms with Crippen molar-refractivity contribution in [2.45, 2.75) is 45.4 Å². The van der Waals surface area contributed by atoms with E-state index >= 15 is 0 Å². The second kappa shape index (κ2) is 10.7. The van der Waals surface area contributed by atoms with Crippen LogP contribution in [-0.4, -0.2) is 41.2 Å². The van der Waals surface area contributed by atoms with Crippen molar-refractivity contribution in [3.8, 4) is 22.8 Å². The summed E-state index contributed by atoms with van der Waals surface area (Å²) in [6.45, 7) is 5.41. The molecule has 8 heteroatoms. The van der Waals surface area contributed by atoms with E-state index in [0.29, 0.717) is 35.1 Å². The van der Waals surface area contributed by atoms with Crippen LogP contribution in [-0.2, 0) is 6.42 Å². The van der Waals surface area contributed by atoms with Crippen molar-refractivity contribution in [2.24, 2.45) is 0 Å². The summed E-state index contributed by atoms with van der Waals surface area (Å²) in [5.74, 6) is 0.498. The minimum Gasteiger partial charge on any atom is -0.508 e. The number of rotatable bonds is 9. The molecule has 3 aromatic rings. The van der Waals surface area contributed by atoms with Gasteiger partial charge in [0, 0.05) is 29.8 Å². The average Bonchev–Trinajstić information content (AvgIpc) is 2.84. The zero-order valence-electron chi connectivity index (χ0n) is 19.4. The quantitative estimate of drug-likeness (QED) is 0.260. The van der Waals surface area contributed by atoms with E-state index in [1.807, 2.05) is 6.92 Å². The minimum atomic E-state index is -0.475. The summed E-state index contributed by atoms with van der Waals surface area (Å²) in [5.41, 5.74) is 1.05. The Morgan fingerprint density at radius 3 is 2.68 bits per heavy atom. The van der Waals surface area contributed by atoms with Gasteiger partial charge in [-0.15, -0.1) is 0 Å². The van der Waals surface area contributed by atoms with Gasteiger partial charge in [0.2, 0.25) is 0 Å². The van der Waals surface area contributed by atoms with E-state index < -0.39 is 4.92 Å².